The second kappa shape index (κ2) is 6.70. The molecule has 19 heavy (non-hydrogen) atoms. The number of halogens is 2. The molecule has 2 aromatic rings. The van der Waals surface area contributed by atoms with E-state index in [0.29, 0.717) is 6.54 Å². The number of likely N-dealkylation sites (N-methyl/N-ethyl adjacent to an activating group) is 1. The molecule has 0 saturated heterocycles. The molecule has 2 N–H and O–H groups in total. The molecule has 1 aromatic heterocycles. The average Bonchev–Trinajstić information content (AvgIpc) is 2.76. The summed E-state index contributed by atoms with van der Waals surface area (Å²) in [5.74, 6) is 0.881. The number of nitrogens with two attached hydrogens (primary N) is 1. The molecule has 0 aliphatic heterocycles. The first-order chi connectivity index (χ1) is 9.10. The maximum atomic E-state index is 5.87. The lowest BCUT2D eigenvalue weighted by Crippen LogP contribution is -2.29. The molecule has 1 atom stereocenters. The van der Waals surface area contributed by atoms with E-state index >= 15 is 0 Å². The van der Waals surface area contributed by atoms with Gasteiger partial charge in [0.05, 0.1) is 6.04 Å². The van der Waals surface area contributed by atoms with Gasteiger partial charge in [0.2, 0.25) is 0 Å². The predicted octanol–water partition coefficient (Wildman–Crippen LogP) is 3.94. The molecule has 1 heterocycles. The number of benzene rings is 1. The minimum atomic E-state index is 0.0743. The third-order valence-electron chi connectivity index (χ3n) is 3.00. The van der Waals surface area contributed by atoms with E-state index in [1.807, 2.05) is 24.3 Å². The van der Waals surface area contributed by atoms with E-state index in [0.717, 1.165) is 21.4 Å². The molecular formula is C14H16Br2N2O. The molecule has 5 heteroatoms. The Morgan fingerprint density at radius 2 is 2.05 bits per heavy atom. The van der Waals surface area contributed by atoms with Crippen LogP contribution in [0.25, 0.3) is 0 Å². The minimum Gasteiger partial charge on any atom is -0.453 e. The fraction of sp³-hybridized carbons (Fsp3) is 0.286. The van der Waals surface area contributed by atoms with E-state index in [-0.39, 0.29) is 6.04 Å². The zero-order valence-corrected chi connectivity index (χ0v) is 13.8. The van der Waals surface area contributed by atoms with E-state index in [1.165, 1.54) is 5.56 Å². The first kappa shape index (κ1) is 14.8. The highest BCUT2D eigenvalue weighted by molar-refractivity contribution is 9.10. The van der Waals surface area contributed by atoms with Gasteiger partial charge in [0.1, 0.15) is 5.76 Å². The van der Waals surface area contributed by atoms with Gasteiger partial charge in [-0.2, -0.15) is 0 Å². The van der Waals surface area contributed by atoms with Gasteiger partial charge in [0.15, 0.2) is 4.67 Å². The van der Waals surface area contributed by atoms with E-state index in [2.05, 4.69) is 55.9 Å². The third kappa shape index (κ3) is 3.92. The number of rotatable bonds is 5. The number of furan rings is 1. The topological polar surface area (TPSA) is 42.4 Å². The van der Waals surface area contributed by atoms with Crippen molar-refractivity contribution in [1.29, 1.82) is 0 Å². The first-order valence-electron chi connectivity index (χ1n) is 6.00. The molecule has 2 rings (SSSR count). The summed E-state index contributed by atoms with van der Waals surface area (Å²) in [6.45, 7) is 1.34. The van der Waals surface area contributed by atoms with Crippen LogP contribution in [-0.4, -0.2) is 18.5 Å². The van der Waals surface area contributed by atoms with Crippen molar-refractivity contribution in [2.24, 2.45) is 5.73 Å². The van der Waals surface area contributed by atoms with Crippen LogP contribution in [0, 0.1) is 0 Å². The normalized spacial score (nSPS) is 12.9. The lowest BCUT2D eigenvalue weighted by atomic mass is 10.1. The van der Waals surface area contributed by atoms with Crippen LogP contribution in [0.15, 0.2) is 50.0 Å². The maximum Gasteiger partial charge on any atom is 0.169 e. The Balaban J connectivity index is 2.11. The molecule has 0 saturated carbocycles. The lowest BCUT2D eigenvalue weighted by molar-refractivity contribution is 0.211. The minimum absolute atomic E-state index is 0.0743. The Bertz CT molecular complexity index is 542. The standard InChI is InChI=1S/C14H16Br2N2O/c1-18(9-10-3-2-4-11(15)7-10)12(8-17)13-5-6-14(16)19-13/h2-7,12H,8-9,17H2,1H3. The van der Waals surface area contributed by atoms with Crippen molar-refractivity contribution in [3.8, 4) is 0 Å². The predicted molar refractivity (Wildman–Crippen MR) is 83.8 cm³/mol. The molecule has 1 unspecified atom stereocenters. The monoisotopic (exact) mass is 386 g/mol. The largest absolute Gasteiger partial charge is 0.453 e. The average molecular weight is 388 g/mol. The Morgan fingerprint density at radius 1 is 1.26 bits per heavy atom. The van der Waals surface area contributed by atoms with Gasteiger partial charge in [-0.15, -0.1) is 0 Å². The molecule has 0 aliphatic rings. The molecule has 1 aromatic carbocycles. The van der Waals surface area contributed by atoms with E-state index < -0.39 is 0 Å². The second-order valence-corrected chi connectivity index (χ2v) is 6.14. The van der Waals surface area contributed by atoms with Crippen molar-refractivity contribution in [2.45, 2.75) is 12.6 Å². The van der Waals surface area contributed by atoms with Gasteiger partial charge in [-0.1, -0.05) is 28.1 Å². The molecule has 102 valence electrons. The summed E-state index contributed by atoms with van der Waals surface area (Å²) in [5, 5.41) is 0. The van der Waals surface area contributed by atoms with Gasteiger partial charge in [0, 0.05) is 17.6 Å². The van der Waals surface area contributed by atoms with Crippen molar-refractivity contribution in [1.82, 2.24) is 4.90 Å². The Kier molecular flexibility index (Phi) is 5.21. The summed E-state index contributed by atoms with van der Waals surface area (Å²) < 4.78 is 7.42. The van der Waals surface area contributed by atoms with Crippen LogP contribution in [0.3, 0.4) is 0 Å². The van der Waals surface area contributed by atoms with E-state index in [9.17, 15) is 0 Å². The van der Waals surface area contributed by atoms with Gasteiger partial charge in [-0.25, -0.2) is 0 Å². The fourth-order valence-corrected chi connectivity index (χ4v) is 2.82. The Morgan fingerprint density at radius 3 is 2.63 bits per heavy atom. The van der Waals surface area contributed by atoms with Crippen molar-refractivity contribution >= 4 is 31.9 Å². The summed E-state index contributed by atoms with van der Waals surface area (Å²) in [7, 11) is 2.05. The van der Waals surface area contributed by atoms with Crippen LogP contribution in [0.4, 0.5) is 0 Å². The third-order valence-corrected chi connectivity index (χ3v) is 3.92. The van der Waals surface area contributed by atoms with Crippen LogP contribution in [0.2, 0.25) is 0 Å². The zero-order chi connectivity index (χ0) is 13.8. The second-order valence-electron chi connectivity index (χ2n) is 4.44. The smallest absolute Gasteiger partial charge is 0.169 e. The summed E-state index contributed by atoms with van der Waals surface area (Å²) >= 11 is 6.81. The van der Waals surface area contributed by atoms with Crippen LogP contribution in [0.5, 0.6) is 0 Å². The lowest BCUT2D eigenvalue weighted by Gasteiger charge is -2.25. The van der Waals surface area contributed by atoms with Gasteiger partial charge < -0.3 is 10.2 Å². The Labute approximate surface area is 130 Å². The molecule has 0 radical (unpaired) electrons. The van der Waals surface area contributed by atoms with Crippen LogP contribution in [0.1, 0.15) is 17.4 Å². The summed E-state index contributed by atoms with van der Waals surface area (Å²) in [6, 6.07) is 12.2. The molecule has 0 amide bonds. The molecule has 3 nitrogen and oxygen atoms in total. The van der Waals surface area contributed by atoms with Crippen LogP contribution < -0.4 is 5.73 Å². The molecule has 0 bridgehead atoms. The summed E-state index contributed by atoms with van der Waals surface area (Å²) in [6.07, 6.45) is 0. The molecular weight excluding hydrogens is 372 g/mol. The number of hydrogen-bond acceptors (Lipinski definition) is 3. The first-order valence-corrected chi connectivity index (χ1v) is 7.58. The fourth-order valence-electron chi connectivity index (χ4n) is 2.05. The van der Waals surface area contributed by atoms with E-state index in [1.54, 1.807) is 0 Å². The number of nitrogens with zero attached hydrogens (tertiary/aromatic N) is 1. The SMILES string of the molecule is CN(Cc1cccc(Br)c1)C(CN)c1ccc(Br)o1. The molecule has 0 fully saturated rings. The zero-order valence-electron chi connectivity index (χ0n) is 10.6. The van der Waals surface area contributed by atoms with Gasteiger partial charge in [-0.3, -0.25) is 4.90 Å². The molecule has 0 aliphatic carbocycles. The van der Waals surface area contributed by atoms with Gasteiger partial charge >= 0.3 is 0 Å². The van der Waals surface area contributed by atoms with Crippen LogP contribution >= 0.6 is 31.9 Å². The van der Waals surface area contributed by atoms with Crippen molar-refractivity contribution in [3.05, 3.63) is 56.9 Å². The highest BCUT2D eigenvalue weighted by Gasteiger charge is 2.19. The quantitative estimate of drug-likeness (QED) is 0.844. The highest BCUT2D eigenvalue weighted by atomic mass is 79.9. The highest BCUT2D eigenvalue weighted by Crippen LogP contribution is 2.25. The van der Waals surface area contributed by atoms with Crippen molar-refractivity contribution in [2.75, 3.05) is 13.6 Å². The number of hydrogen-bond donors (Lipinski definition) is 1. The Hall–Kier alpha value is -0.620. The van der Waals surface area contributed by atoms with Gasteiger partial charge in [0.25, 0.3) is 0 Å². The van der Waals surface area contributed by atoms with Crippen LogP contribution in [-0.2, 0) is 6.54 Å². The summed E-state index contributed by atoms with van der Waals surface area (Å²) in [4.78, 5) is 2.19. The van der Waals surface area contributed by atoms with Crippen molar-refractivity contribution < 1.29 is 4.42 Å². The van der Waals surface area contributed by atoms with Gasteiger partial charge in [-0.05, 0) is 52.8 Å². The van der Waals surface area contributed by atoms with E-state index in [4.69, 9.17) is 10.2 Å². The molecule has 0 spiro atoms. The summed E-state index contributed by atoms with van der Waals surface area (Å²) in [5.41, 5.74) is 7.11. The van der Waals surface area contributed by atoms with Crippen molar-refractivity contribution in [3.63, 3.8) is 0 Å². The maximum absolute atomic E-state index is 5.87.